The number of furan rings is 1. The Hall–Kier alpha value is -1.48. The van der Waals surface area contributed by atoms with Crippen LogP contribution in [0.2, 0.25) is 10.0 Å². The van der Waals surface area contributed by atoms with Crippen molar-refractivity contribution in [3.63, 3.8) is 0 Å². The van der Waals surface area contributed by atoms with Crippen LogP contribution in [0.4, 0.5) is 0 Å². The molecule has 0 saturated carbocycles. The molecule has 0 spiro atoms. The van der Waals surface area contributed by atoms with Gasteiger partial charge in [-0.2, -0.15) is 0 Å². The van der Waals surface area contributed by atoms with E-state index >= 15 is 0 Å². The normalized spacial score (nSPS) is 11.2. The topological polar surface area (TPSA) is 25.2 Å². The predicted octanol–water partition coefficient (Wildman–Crippen LogP) is 5.52. The molecule has 108 valence electrons. The second kappa shape index (κ2) is 6.10. The van der Waals surface area contributed by atoms with Crippen molar-refractivity contribution in [3.8, 4) is 11.3 Å². The van der Waals surface area contributed by atoms with E-state index in [1.165, 1.54) is 0 Å². The summed E-state index contributed by atoms with van der Waals surface area (Å²) >= 11 is 12.3. The first-order chi connectivity index (χ1) is 10.2. The fourth-order valence-corrected chi connectivity index (χ4v) is 2.69. The maximum atomic E-state index is 6.34. The van der Waals surface area contributed by atoms with Crippen molar-refractivity contribution < 1.29 is 4.42 Å². The monoisotopic (exact) mass is 319 g/mol. The van der Waals surface area contributed by atoms with Crippen molar-refractivity contribution in [3.05, 3.63) is 58.1 Å². The van der Waals surface area contributed by atoms with E-state index in [2.05, 4.69) is 12.2 Å². The highest BCUT2D eigenvalue weighted by Gasteiger charge is 2.09. The summed E-state index contributed by atoms with van der Waals surface area (Å²) < 4.78 is 5.85. The molecule has 0 unspecified atom stereocenters. The molecule has 0 saturated heterocycles. The van der Waals surface area contributed by atoms with E-state index < -0.39 is 0 Å². The molecule has 0 bridgehead atoms. The van der Waals surface area contributed by atoms with Crippen molar-refractivity contribution in [2.24, 2.45) is 0 Å². The van der Waals surface area contributed by atoms with Gasteiger partial charge in [0.25, 0.3) is 0 Å². The van der Waals surface area contributed by atoms with Gasteiger partial charge in [-0.25, -0.2) is 0 Å². The maximum absolute atomic E-state index is 6.34. The van der Waals surface area contributed by atoms with E-state index in [0.717, 1.165) is 46.0 Å². The van der Waals surface area contributed by atoms with E-state index in [1.54, 1.807) is 0 Å². The van der Waals surface area contributed by atoms with Gasteiger partial charge in [-0.3, -0.25) is 0 Å². The van der Waals surface area contributed by atoms with Crippen molar-refractivity contribution in [1.82, 2.24) is 5.32 Å². The van der Waals surface area contributed by atoms with Crippen molar-refractivity contribution in [2.45, 2.75) is 13.5 Å². The summed E-state index contributed by atoms with van der Waals surface area (Å²) in [5.41, 5.74) is 2.87. The van der Waals surface area contributed by atoms with Crippen molar-refractivity contribution in [1.29, 1.82) is 0 Å². The van der Waals surface area contributed by atoms with Gasteiger partial charge >= 0.3 is 0 Å². The molecule has 2 nitrogen and oxygen atoms in total. The van der Waals surface area contributed by atoms with Crippen LogP contribution >= 0.6 is 23.2 Å². The Morgan fingerprint density at radius 2 is 1.90 bits per heavy atom. The minimum atomic E-state index is 0.703. The third-order valence-electron chi connectivity index (χ3n) is 3.38. The summed E-state index contributed by atoms with van der Waals surface area (Å²) in [6.07, 6.45) is 0. The molecule has 0 amide bonds. The summed E-state index contributed by atoms with van der Waals surface area (Å²) in [5.74, 6) is 0.796. The average Bonchev–Trinajstić information content (AvgIpc) is 2.89. The highest BCUT2D eigenvalue weighted by molar-refractivity contribution is 6.32. The zero-order chi connectivity index (χ0) is 14.8. The standard InChI is InChI=1S/C17H15Cl2NO/c1-2-20-10-12-4-3-11(8-15(12)19)17-9-13-7-14(18)5-6-16(13)21-17/h3-9,20H,2,10H2,1H3. The zero-order valence-corrected chi connectivity index (χ0v) is 13.1. The molecular formula is C17H15Cl2NO. The lowest BCUT2D eigenvalue weighted by molar-refractivity contribution is 0.631. The number of hydrogen-bond donors (Lipinski definition) is 1. The first-order valence-electron chi connectivity index (χ1n) is 6.86. The fraction of sp³-hybridized carbons (Fsp3) is 0.176. The summed E-state index contributed by atoms with van der Waals surface area (Å²) in [5, 5.41) is 5.71. The average molecular weight is 320 g/mol. The SMILES string of the molecule is CCNCc1ccc(-c2cc3cc(Cl)ccc3o2)cc1Cl. The van der Waals surface area contributed by atoms with E-state index in [9.17, 15) is 0 Å². The third kappa shape index (κ3) is 3.08. The van der Waals surface area contributed by atoms with Crippen LogP contribution in [0.25, 0.3) is 22.3 Å². The van der Waals surface area contributed by atoms with Gasteiger partial charge in [0.2, 0.25) is 0 Å². The van der Waals surface area contributed by atoms with Crippen LogP contribution in [-0.2, 0) is 6.54 Å². The predicted molar refractivity (Wildman–Crippen MR) is 89.1 cm³/mol. The molecule has 0 fully saturated rings. The molecule has 1 heterocycles. The molecule has 21 heavy (non-hydrogen) atoms. The molecule has 0 aliphatic carbocycles. The van der Waals surface area contributed by atoms with Crippen LogP contribution in [0.3, 0.4) is 0 Å². The Labute approximate surface area is 133 Å². The molecule has 0 radical (unpaired) electrons. The van der Waals surface area contributed by atoms with Gasteiger partial charge in [-0.05, 0) is 42.4 Å². The Balaban J connectivity index is 1.96. The van der Waals surface area contributed by atoms with Gasteiger partial charge in [-0.1, -0.05) is 42.3 Å². The molecule has 0 aliphatic heterocycles. The third-order valence-corrected chi connectivity index (χ3v) is 3.97. The molecule has 4 heteroatoms. The molecule has 0 aliphatic rings. The van der Waals surface area contributed by atoms with Gasteiger partial charge < -0.3 is 9.73 Å². The van der Waals surface area contributed by atoms with Gasteiger partial charge in [0, 0.05) is 27.5 Å². The van der Waals surface area contributed by atoms with Crippen LogP contribution in [0.1, 0.15) is 12.5 Å². The highest BCUT2D eigenvalue weighted by Crippen LogP contribution is 2.31. The van der Waals surface area contributed by atoms with E-state index in [4.69, 9.17) is 27.6 Å². The van der Waals surface area contributed by atoms with E-state index in [1.807, 2.05) is 42.5 Å². The van der Waals surface area contributed by atoms with E-state index in [-0.39, 0.29) is 0 Å². The van der Waals surface area contributed by atoms with Gasteiger partial charge in [0.05, 0.1) is 0 Å². The molecule has 3 rings (SSSR count). The molecular weight excluding hydrogens is 305 g/mol. The van der Waals surface area contributed by atoms with Crippen LogP contribution in [-0.4, -0.2) is 6.54 Å². The molecule has 1 aromatic heterocycles. The summed E-state index contributed by atoms with van der Waals surface area (Å²) in [7, 11) is 0. The van der Waals surface area contributed by atoms with Crippen molar-refractivity contribution >= 4 is 34.2 Å². The van der Waals surface area contributed by atoms with Gasteiger partial charge in [0.1, 0.15) is 11.3 Å². The number of benzene rings is 2. The summed E-state index contributed by atoms with van der Waals surface area (Å²) in [6, 6.07) is 13.6. The Bertz CT molecular complexity index is 780. The number of rotatable bonds is 4. The minimum Gasteiger partial charge on any atom is -0.456 e. The van der Waals surface area contributed by atoms with Crippen LogP contribution in [0.5, 0.6) is 0 Å². The second-order valence-corrected chi connectivity index (χ2v) is 5.72. The Kier molecular flexibility index (Phi) is 4.20. The largest absolute Gasteiger partial charge is 0.456 e. The van der Waals surface area contributed by atoms with Gasteiger partial charge in [0.15, 0.2) is 0 Å². The summed E-state index contributed by atoms with van der Waals surface area (Å²) in [4.78, 5) is 0. The lowest BCUT2D eigenvalue weighted by Crippen LogP contribution is -2.11. The van der Waals surface area contributed by atoms with Gasteiger partial charge in [-0.15, -0.1) is 0 Å². The maximum Gasteiger partial charge on any atom is 0.135 e. The Morgan fingerprint density at radius 1 is 1.05 bits per heavy atom. The Morgan fingerprint density at radius 3 is 2.67 bits per heavy atom. The zero-order valence-electron chi connectivity index (χ0n) is 11.6. The quantitative estimate of drug-likeness (QED) is 0.685. The van der Waals surface area contributed by atoms with Crippen molar-refractivity contribution in [2.75, 3.05) is 6.54 Å². The first-order valence-corrected chi connectivity index (χ1v) is 7.61. The van der Waals surface area contributed by atoms with Crippen LogP contribution in [0, 0.1) is 0 Å². The summed E-state index contributed by atoms with van der Waals surface area (Å²) in [6.45, 7) is 3.76. The smallest absolute Gasteiger partial charge is 0.135 e. The molecule has 0 atom stereocenters. The highest BCUT2D eigenvalue weighted by atomic mass is 35.5. The number of hydrogen-bond acceptors (Lipinski definition) is 2. The lowest BCUT2D eigenvalue weighted by atomic mass is 10.1. The molecule has 2 aromatic carbocycles. The first kappa shape index (κ1) is 14.5. The van der Waals surface area contributed by atoms with Crippen LogP contribution < -0.4 is 5.32 Å². The van der Waals surface area contributed by atoms with E-state index in [0.29, 0.717) is 5.02 Å². The lowest BCUT2D eigenvalue weighted by Gasteiger charge is -2.06. The minimum absolute atomic E-state index is 0.703. The number of fused-ring (bicyclic) bond motifs is 1. The number of halogens is 2. The second-order valence-electron chi connectivity index (χ2n) is 4.88. The van der Waals surface area contributed by atoms with Crippen LogP contribution in [0.15, 0.2) is 46.9 Å². The number of nitrogens with one attached hydrogen (secondary N) is 1. The molecule has 1 N–H and O–H groups in total. The fourth-order valence-electron chi connectivity index (χ4n) is 2.26. The molecule has 3 aromatic rings.